The number of hydrogen-bond acceptors (Lipinski definition) is 2. The van der Waals surface area contributed by atoms with E-state index >= 15 is 0 Å². The first-order chi connectivity index (χ1) is 7.93. The van der Waals surface area contributed by atoms with Crippen LogP contribution in [0.3, 0.4) is 0 Å². The highest BCUT2D eigenvalue weighted by Gasteiger charge is 2.33. The van der Waals surface area contributed by atoms with E-state index in [1.807, 2.05) is 20.8 Å². The average Bonchev–Trinajstić information content (AvgIpc) is 2.72. The third kappa shape index (κ3) is 3.72. The minimum absolute atomic E-state index is 0.0142. The topological polar surface area (TPSA) is 66.4 Å². The van der Waals surface area contributed by atoms with Gasteiger partial charge in [0.2, 0.25) is 5.91 Å². The number of rotatable bonds is 5. The summed E-state index contributed by atoms with van der Waals surface area (Å²) in [5, 5.41) is 11.9. The molecule has 3 atom stereocenters. The van der Waals surface area contributed by atoms with Gasteiger partial charge in [0.15, 0.2) is 0 Å². The highest BCUT2D eigenvalue weighted by Crippen LogP contribution is 2.31. The Morgan fingerprint density at radius 1 is 1.29 bits per heavy atom. The summed E-state index contributed by atoms with van der Waals surface area (Å²) in [4.78, 5) is 22.7. The van der Waals surface area contributed by atoms with Crippen molar-refractivity contribution in [2.75, 3.05) is 6.54 Å². The van der Waals surface area contributed by atoms with Crippen LogP contribution < -0.4 is 5.32 Å². The Hall–Kier alpha value is -1.06. The van der Waals surface area contributed by atoms with E-state index in [0.717, 1.165) is 19.3 Å². The second kappa shape index (κ2) is 6.03. The maximum atomic E-state index is 11.8. The molecular formula is C13H23NO3. The number of carboxylic acids is 1. The van der Waals surface area contributed by atoms with E-state index in [1.54, 1.807) is 0 Å². The summed E-state index contributed by atoms with van der Waals surface area (Å²) in [6, 6.07) is 0. The predicted molar refractivity (Wildman–Crippen MR) is 65.5 cm³/mol. The Kier molecular flexibility index (Phi) is 4.97. The first-order valence-electron chi connectivity index (χ1n) is 6.44. The molecule has 1 fully saturated rings. The van der Waals surface area contributed by atoms with Gasteiger partial charge in [-0.2, -0.15) is 0 Å². The van der Waals surface area contributed by atoms with Crippen LogP contribution in [0.15, 0.2) is 0 Å². The molecule has 0 aliphatic heterocycles. The monoisotopic (exact) mass is 241 g/mol. The fourth-order valence-electron chi connectivity index (χ4n) is 2.30. The fourth-order valence-corrected chi connectivity index (χ4v) is 2.30. The molecule has 0 aromatic rings. The quantitative estimate of drug-likeness (QED) is 0.772. The molecule has 17 heavy (non-hydrogen) atoms. The van der Waals surface area contributed by atoms with Gasteiger partial charge in [-0.3, -0.25) is 9.59 Å². The van der Waals surface area contributed by atoms with E-state index in [9.17, 15) is 9.59 Å². The SMILES string of the molecule is CC(C)C(C)C(=O)NCC1CCCC1C(=O)O. The Morgan fingerprint density at radius 2 is 1.94 bits per heavy atom. The second-order valence-electron chi connectivity index (χ2n) is 5.41. The van der Waals surface area contributed by atoms with Crippen LogP contribution >= 0.6 is 0 Å². The van der Waals surface area contributed by atoms with Crippen molar-refractivity contribution in [1.82, 2.24) is 5.32 Å². The van der Waals surface area contributed by atoms with Gasteiger partial charge in [-0.15, -0.1) is 0 Å². The van der Waals surface area contributed by atoms with Crippen LogP contribution in [-0.2, 0) is 9.59 Å². The summed E-state index contributed by atoms with van der Waals surface area (Å²) in [6.45, 7) is 6.44. The minimum atomic E-state index is -0.723. The van der Waals surface area contributed by atoms with Crippen LogP contribution in [0.5, 0.6) is 0 Å². The Bertz CT molecular complexity index is 288. The van der Waals surface area contributed by atoms with Crippen LogP contribution in [0.25, 0.3) is 0 Å². The van der Waals surface area contributed by atoms with Crippen molar-refractivity contribution in [1.29, 1.82) is 0 Å². The average molecular weight is 241 g/mol. The molecule has 1 rings (SSSR count). The smallest absolute Gasteiger partial charge is 0.306 e. The Balaban J connectivity index is 2.40. The molecule has 0 aromatic carbocycles. The van der Waals surface area contributed by atoms with E-state index in [0.29, 0.717) is 12.5 Å². The molecule has 0 heterocycles. The lowest BCUT2D eigenvalue weighted by atomic mass is 9.94. The maximum Gasteiger partial charge on any atom is 0.306 e. The second-order valence-corrected chi connectivity index (χ2v) is 5.41. The molecule has 0 saturated heterocycles. The van der Waals surface area contributed by atoms with Crippen molar-refractivity contribution >= 4 is 11.9 Å². The lowest BCUT2D eigenvalue weighted by molar-refractivity contribution is -0.143. The van der Waals surface area contributed by atoms with E-state index in [2.05, 4.69) is 5.32 Å². The molecule has 4 nitrogen and oxygen atoms in total. The highest BCUT2D eigenvalue weighted by molar-refractivity contribution is 5.78. The lowest BCUT2D eigenvalue weighted by Crippen LogP contribution is -2.37. The largest absolute Gasteiger partial charge is 0.481 e. The zero-order valence-corrected chi connectivity index (χ0v) is 10.9. The van der Waals surface area contributed by atoms with Crippen LogP contribution in [0, 0.1) is 23.7 Å². The van der Waals surface area contributed by atoms with E-state index < -0.39 is 5.97 Å². The molecule has 2 N–H and O–H groups in total. The van der Waals surface area contributed by atoms with Crippen molar-refractivity contribution in [2.45, 2.75) is 40.0 Å². The van der Waals surface area contributed by atoms with Crippen LogP contribution in [0.2, 0.25) is 0 Å². The fraction of sp³-hybridized carbons (Fsp3) is 0.846. The first kappa shape index (κ1) is 14.0. The standard InChI is InChI=1S/C13H23NO3/c1-8(2)9(3)12(15)14-7-10-5-4-6-11(10)13(16)17/h8-11H,4-7H2,1-3H3,(H,14,15)(H,16,17). The van der Waals surface area contributed by atoms with Gasteiger partial charge < -0.3 is 10.4 Å². The number of carbonyl (C=O) groups is 2. The number of aliphatic carboxylic acids is 1. The molecular weight excluding hydrogens is 218 g/mol. The zero-order chi connectivity index (χ0) is 13.0. The molecule has 1 amide bonds. The molecule has 4 heteroatoms. The van der Waals surface area contributed by atoms with Crippen molar-refractivity contribution in [3.8, 4) is 0 Å². The van der Waals surface area contributed by atoms with Crippen LogP contribution in [-0.4, -0.2) is 23.5 Å². The van der Waals surface area contributed by atoms with Crippen molar-refractivity contribution in [3.05, 3.63) is 0 Å². The highest BCUT2D eigenvalue weighted by atomic mass is 16.4. The Labute approximate surface area is 103 Å². The molecule has 0 bridgehead atoms. The summed E-state index contributed by atoms with van der Waals surface area (Å²) in [5.41, 5.74) is 0. The molecule has 1 aliphatic rings. The molecule has 0 spiro atoms. The van der Waals surface area contributed by atoms with Crippen molar-refractivity contribution in [3.63, 3.8) is 0 Å². The van der Waals surface area contributed by atoms with Gasteiger partial charge in [0.25, 0.3) is 0 Å². The summed E-state index contributed by atoms with van der Waals surface area (Å²) >= 11 is 0. The normalized spacial score (nSPS) is 25.9. The third-order valence-electron chi connectivity index (χ3n) is 3.93. The molecule has 1 saturated carbocycles. The van der Waals surface area contributed by atoms with Gasteiger partial charge in [0, 0.05) is 12.5 Å². The van der Waals surface area contributed by atoms with Gasteiger partial charge in [-0.25, -0.2) is 0 Å². The van der Waals surface area contributed by atoms with Crippen LogP contribution in [0.1, 0.15) is 40.0 Å². The lowest BCUT2D eigenvalue weighted by Gasteiger charge is -2.19. The molecule has 0 aromatic heterocycles. The number of carboxylic acid groups (broad SMARTS) is 1. The molecule has 3 unspecified atom stereocenters. The van der Waals surface area contributed by atoms with Crippen LogP contribution in [0.4, 0.5) is 0 Å². The third-order valence-corrected chi connectivity index (χ3v) is 3.93. The number of carbonyl (C=O) groups excluding carboxylic acids is 1. The van der Waals surface area contributed by atoms with E-state index in [4.69, 9.17) is 5.11 Å². The summed E-state index contributed by atoms with van der Waals surface area (Å²) < 4.78 is 0. The first-order valence-corrected chi connectivity index (χ1v) is 6.44. The summed E-state index contributed by atoms with van der Waals surface area (Å²) in [5.74, 6) is -0.552. The summed E-state index contributed by atoms with van der Waals surface area (Å²) in [6.07, 6.45) is 2.61. The van der Waals surface area contributed by atoms with Gasteiger partial charge in [-0.05, 0) is 24.7 Å². The van der Waals surface area contributed by atoms with E-state index in [1.165, 1.54) is 0 Å². The van der Waals surface area contributed by atoms with Crippen molar-refractivity contribution in [2.24, 2.45) is 23.7 Å². The van der Waals surface area contributed by atoms with Crippen molar-refractivity contribution < 1.29 is 14.7 Å². The summed E-state index contributed by atoms with van der Waals surface area (Å²) in [7, 11) is 0. The molecule has 0 radical (unpaired) electrons. The van der Waals surface area contributed by atoms with Gasteiger partial charge >= 0.3 is 5.97 Å². The maximum absolute atomic E-state index is 11.8. The minimum Gasteiger partial charge on any atom is -0.481 e. The van der Waals surface area contributed by atoms with Gasteiger partial charge in [0.1, 0.15) is 0 Å². The van der Waals surface area contributed by atoms with E-state index in [-0.39, 0.29) is 23.7 Å². The molecule has 1 aliphatic carbocycles. The number of amides is 1. The number of hydrogen-bond donors (Lipinski definition) is 2. The molecule has 98 valence electrons. The zero-order valence-electron chi connectivity index (χ0n) is 10.9. The van der Waals surface area contributed by atoms with Gasteiger partial charge in [0.05, 0.1) is 5.92 Å². The Morgan fingerprint density at radius 3 is 2.47 bits per heavy atom. The predicted octanol–water partition coefficient (Wildman–Crippen LogP) is 1.90. The van der Waals surface area contributed by atoms with Gasteiger partial charge in [-0.1, -0.05) is 27.2 Å². The number of nitrogens with one attached hydrogen (secondary N) is 1.